The highest BCUT2D eigenvalue weighted by atomic mass is 16.5. The molecular weight excluding hydrogens is 210 g/mol. The second-order valence-electron chi connectivity index (χ2n) is 3.91. The van der Waals surface area contributed by atoms with Gasteiger partial charge in [-0.1, -0.05) is 6.92 Å². The normalized spacial score (nSPS) is 12.8. The van der Waals surface area contributed by atoms with Gasteiger partial charge in [0, 0.05) is 33.4 Å². The molecule has 0 radical (unpaired) electrons. The summed E-state index contributed by atoms with van der Waals surface area (Å²) in [5.41, 5.74) is 0. The fourth-order valence-corrected chi connectivity index (χ4v) is 1.36. The molecule has 96 valence electrons. The van der Waals surface area contributed by atoms with Gasteiger partial charge in [0.25, 0.3) is 0 Å². The number of hydrogen-bond acceptors (Lipinski definition) is 5. The highest BCUT2D eigenvalue weighted by Gasteiger charge is 2.11. The van der Waals surface area contributed by atoms with E-state index in [1.807, 2.05) is 6.92 Å². The maximum Gasteiger partial charge on any atom is 0.306 e. The lowest BCUT2D eigenvalue weighted by atomic mass is 10.2. The molecule has 0 rings (SSSR count). The van der Waals surface area contributed by atoms with E-state index in [9.17, 15) is 4.79 Å². The molecule has 0 spiro atoms. The third kappa shape index (κ3) is 7.62. The van der Waals surface area contributed by atoms with Crippen molar-refractivity contribution in [2.24, 2.45) is 5.92 Å². The first kappa shape index (κ1) is 15.3. The van der Waals surface area contributed by atoms with Crippen LogP contribution in [-0.2, 0) is 14.3 Å². The van der Waals surface area contributed by atoms with E-state index in [1.165, 1.54) is 7.11 Å². The van der Waals surface area contributed by atoms with E-state index in [0.29, 0.717) is 19.6 Å². The van der Waals surface area contributed by atoms with Gasteiger partial charge in [0.15, 0.2) is 0 Å². The van der Waals surface area contributed by atoms with E-state index in [-0.39, 0.29) is 18.5 Å². The Balaban J connectivity index is 3.93. The Kier molecular flexibility index (Phi) is 9.18. The smallest absolute Gasteiger partial charge is 0.306 e. The first-order valence-corrected chi connectivity index (χ1v) is 5.53. The van der Waals surface area contributed by atoms with Gasteiger partial charge in [-0.05, 0) is 5.92 Å². The number of hydrogen-bond donors (Lipinski definition) is 1. The quantitative estimate of drug-likeness (QED) is 0.573. The number of carbonyl (C=O) groups excluding carboxylic acids is 1. The topological polar surface area (TPSA) is 59.0 Å². The van der Waals surface area contributed by atoms with Gasteiger partial charge in [-0.25, -0.2) is 0 Å². The Morgan fingerprint density at radius 2 is 2.06 bits per heavy atom. The van der Waals surface area contributed by atoms with Crippen LogP contribution in [0.1, 0.15) is 13.3 Å². The second-order valence-corrected chi connectivity index (χ2v) is 3.91. The molecule has 0 aromatic rings. The summed E-state index contributed by atoms with van der Waals surface area (Å²) >= 11 is 0. The molecule has 0 amide bonds. The van der Waals surface area contributed by atoms with Crippen molar-refractivity contribution in [3.63, 3.8) is 0 Å². The van der Waals surface area contributed by atoms with Gasteiger partial charge >= 0.3 is 5.97 Å². The number of ether oxygens (including phenoxy) is 2. The predicted molar refractivity (Wildman–Crippen MR) is 61.2 cm³/mol. The molecule has 0 aromatic heterocycles. The van der Waals surface area contributed by atoms with Gasteiger partial charge < -0.3 is 19.5 Å². The Bertz CT molecular complexity index is 187. The molecule has 0 aliphatic carbocycles. The molecule has 5 heteroatoms. The Morgan fingerprint density at radius 1 is 1.38 bits per heavy atom. The van der Waals surface area contributed by atoms with Gasteiger partial charge in [-0.15, -0.1) is 0 Å². The standard InChI is InChI=1S/C11H23NO4/c1-10(9-13)8-12(6-7-15-2)5-4-11(14)16-3/h10,13H,4-9H2,1-3H3. The first-order chi connectivity index (χ1) is 7.63. The summed E-state index contributed by atoms with van der Waals surface area (Å²) in [4.78, 5) is 13.1. The lowest BCUT2D eigenvalue weighted by molar-refractivity contribution is -0.141. The van der Waals surface area contributed by atoms with Crippen LogP contribution in [0.4, 0.5) is 0 Å². The van der Waals surface area contributed by atoms with Crippen LogP contribution in [-0.4, -0.2) is 63.0 Å². The molecule has 0 saturated heterocycles. The number of aliphatic hydroxyl groups excluding tert-OH is 1. The first-order valence-electron chi connectivity index (χ1n) is 5.53. The zero-order chi connectivity index (χ0) is 12.4. The van der Waals surface area contributed by atoms with Crippen molar-refractivity contribution in [3.05, 3.63) is 0 Å². The van der Waals surface area contributed by atoms with Gasteiger partial charge in [0.2, 0.25) is 0 Å². The van der Waals surface area contributed by atoms with Crippen LogP contribution in [0, 0.1) is 5.92 Å². The highest BCUT2D eigenvalue weighted by molar-refractivity contribution is 5.69. The maximum atomic E-state index is 11.0. The fourth-order valence-electron chi connectivity index (χ4n) is 1.36. The summed E-state index contributed by atoms with van der Waals surface area (Å²) in [6.45, 7) is 4.91. The van der Waals surface area contributed by atoms with E-state index in [0.717, 1.165) is 13.1 Å². The van der Waals surface area contributed by atoms with E-state index >= 15 is 0 Å². The molecule has 0 aliphatic rings. The van der Waals surface area contributed by atoms with Gasteiger partial charge in [-0.3, -0.25) is 4.79 Å². The number of nitrogens with zero attached hydrogens (tertiary/aromatic N) is 1. The molecule has 0 bridgehead atoms. The van der Waals surface area contributed by atoms with Crippen molar-refractivity contribution in [3.8, 4) is 0 Å². The van der Waals surface area contributed by atoms with Crippen LogP contribution in [0.3, 0.4) is 0 Å². The summed E-state index contributed by atoms with van der Waals surface area (Å²) in [5, 5.41) is 8.98. The van der Waals surface area contributed by atoms with Crippen molar-refractivity contribution in [2.75, 3.05) is 47.1 Å². The molecule has 1 N–H and O–H groups in total. The molecule has 0 fully saturated rings. The number of methoxy groups -OCH3 is 2. The van der Waals surface area contributed by atoms with Crippen molar-refractivity contribution < 1.29 is 19.4 Å². The lowest BCUT2D eigenvalue weighted by Gasteiger charge is -2.24. The fraction of sp³-hybridized carbons (Fsp3) is 0.909. The number of carbonyl (C=O) groups is 1. The largest absolute Gasteiger partial charge is 0.469 e. The van der Waals surface area contributed by atoms with Crippen molar-refractivity contribution >= 4 is 5.97 Å². The summed E-state index contributed by atoms with van der Waals surface area (Å²) in [6.07, 6.45) is 0.373. The number of aliphatic hydroxyl groups is 1. The molecule has 0 aliphatic heterocycles. The molecule has 1 unspecified atom stereocenters. The van der Waals surface area contributed by atoms with Gasteiger partial charge in [-0.2, -0.15) is 0 Å². The van der Waals surface area contributed by atoms with Crippen molar-refractivity contribution in [2.45, 2.75) is 13.3 Å². The third-order valence-corrected chi connectivity index (χ3v) is 2.35. The number of rotatable bonds is 9. The minimum atomic E-state index is -0.209. The molecule has 5 nitrogen and oxygen atoms in total. The van der Waals surface area contributed by atoms with Crippen LogP contribution in [0.5, 0.6) is 0 Å². The van der Waals surface area contributed by atoms with E-state index < -0.39 is 0 Å². The summed E-state index contributed by atoms with van der Waals surface area (Å²) in [7, 11) is 3.03. The summed E-state index contributed by atoms with van der Waals surface area (Å²) in [5.74, 6) is -0.00595. The Labute approximate surface area is 97.3 Å². The third-order valence-electron chi connectivity index (χ3n) is 2.35. The highest BCUT2D eigenvalue weighted by Crippen LogP contribution is 2.01. The van der Waals surface area contributed by atoms with Crippen LogP contribution < -0.4 is 0 Å². The van der Waals surface area contributed by atoms with Crippen molar-refractivity contribution in [1.82, 2.24) is 4.90 Å². The summed E-state index contributed by atoms with van der Waals surface area (Å²) < 4.78 is 9.59. The minimum absolute atomic E-state index is 0.154. The monoisotopic (exact) mass is 233 g/mol. The Morgan fingerprint density at radius 3 is 2.56 bits per heavy atom. The number of esters is 1. The lowest BCUT2D eigenvalue weighted by Crippen LogP contribution is -2.34. The minimum Gasteiger partial charge on any atom is -0.469 e. The van der Waals surface area contributed by atoms with Crippen LogP contribution in [0.15, 0.2) is 0 Å². The Hall–Kier alpha value is -0.650. The van der Waals surface area contributed by atoms with Gasteiger partial charge in [0.05, 0.1) is 20.1 Å². The predicted octanol–water partition coefficient (Wildman–Crippen LogP) is 0.126. The molecule has 0 aromatic carbocycles. The van der Waals surface area contributed by atoms with Crippen LogP contribution in [0.2, 0.25) is 0 Å². The average molecular weight is 233 g/mol. The average Bonchev–Trinajstić information content (AvgIpc) is 2.31. The molecule has 0 saturated carbocycles. The molecule has 1 atom stereocenters. The summed E-state index contributed by atoms with van der Waals surface area (Å²) in [6, 6.07) is 0. The van der Waals surface area contributed by atoms with E-state index in [1.54, 1.807) is 7.11 Å². The van der Waals surface area contributed by atoms with E-state index in [2.05, 4.69) is 9.64 Å². The molecule has 0 heterocycles. The maximum absolute atomic E-state index is 11.0. The van der Waals surface area contributed by atoms with Crippen LogP contribution in [0.25, 0.3) is 0 Å². The second kappa shape index (κ2) is 9.57. The molecule has 16 heavy (non-hydrogen) atoms. The molecular formula is C11H23NO4. The van der Waals surface area contributed by atoms with E-state index in [4.69, 9.17) is 9.84 Å². The zero-order valence-electron chi connectivity index (χ0n) is 10.4. The van der Waals surface area contributed by atoms with Crippen molar-refractivity contribution in [1.29, 1.82) is 0 Å². The van der Waals surface area contributed by atoms with Crippen LogP contribution >= 0.6 is 0 Å². The SMILES string of the molecule is COCCN(CCC(=O)OC)CC(C)CO. The zero-order valence-corrected chi connectivity index (χ0v) is 10.4. The van der Waals surface area contributed by atoms with Gasteiger partial charge in [0.1, 0.15) is 0 Å².